The molecular formula is C22H28ClN7. The molecule has 1 saturated heterocycles. The van der Waals surface area contributed by atoms with Crippen molar-refractivity contribution in [1.82, 2.24) is 29.6 Å². The van der Waals surface area contributed by atoms with E-state index in [4.69, 9.17) is 16.6 Å². The third-order valence-corrected chi connectivity index (χ3v) is 6.06. The van der Waals surface area contributed by atoms with E-state index in [1.165, 1.54) is 0 Å². The van der Waals surface area contributed by atoms with Crippen LogP contribution in [0.4, 0.5) is 5.82 Å². The van der Waals surface area contributed by atoms with Gasteiger partial charge in [0.05, 0.1) is 5.69 Å². The first-order chi connectivity index (χ1) is 14.6. The average molecular weight is 426 g/mol. The number of halogens is 1. The number of pyridine rings is 1. The summed E-state index contributed by atoms with van der Waals surface area (Å²) in [4.78, 5) is 18.7. The van der Waals surface area contributed by atoms with Gasteiger partial charge in [0.25, 0.3) is 0 Å². The molecule has 0 bridgehead atoms. The predicted octanol–water partition coefficient (Wildman–Crippen LogP) is 3.37. The van der Waals surface area contributed by atoms with Crippen molar-refractivity contribution in [2.45, 2.75) is 33.2 Å². The lowest BCUT2D eigenvalue weighted by Crippen LogP contribution is -2.46. The highest BCUT2D eigenvalue weighted by atomic mass is 35.5. The van der Waals surface area contributed by atoms with Crippen LogP contribution in [0.5, 0.6) is 0 Å². The highest BCUT2D eigenvalue weighted by Crippen LogP contribution is 2.24. The Labute approximate surface area is 182 Å². The van der Waals surface area contributed by atoms with Gasteiger partial charge in [-0.2, -0.15) is 5.10 Å². The van der Waals surface area contributed by atoms with Crippen molar-refractivity contribution >= 4 is 17.4 Å². The fraction of sp³-hybridized carbons (Fsp3) is 0.455. The Morgan fingerprint density at radius 1 is 1.03 bits per heavy atom. The van der Waals surface area contributed by atoms with Gasteiger partial charge in [0.15, 0.2) is 5.82 Å². The maximum absolute atomic E-state index is 6.49. The zero-order valence-corrected chi connectivity index (χ0v) is 18.6. The molecule has 1 aliphatic heterocycles. The van der Waals surface area contributed by atoms with Crippen molar-refractivity contribution < 1.29 is 0 Å². The first-order valence-electron chi connectivity index (χ1n) is 10.6. The third kappa shape index (κ3) is 4.32. The molecule has 0 spiro atoms. The molecule has 0 unspecified atom stereocenters. The van der Waals surface area contributed by atoms with Gasteiger partial charge in [-0.05, 0) is 25.0 Å². The van der Waals surface area contributed by atoms with Crippen LogP contribution < -0.4 is 4.90 Å². The highest BCUT2D eigenvalue weighted by molar-refractivity contribution is 6.30. The molecule has 3 aromatic rings. The van der Waals surface area contributed by atoms with Gasteiger partial charge in [-0.25, -0.2) is 9.97 Å². The summed E-state index contributed by atoms with van der Waals surface area (Å²) in [6.45, 7) is 8.83. The molecular weight excluding hydrogens is 398 g/mol. The quantitative estimate of drug-likeness (QED) is 0.603. The molecule has 3 aromatic heterocycles. The van der Waals surface area contributed by atoms with Gasteiger partial charge in [0.1, 0.15) is 16.7 Å². The average Bonchev–Trinajstić information content (AvgIpc) is 3.07. The van der Waals surface area contributed by atoms with Gasteiger partial charge in [-0.15, -0.1) is 0 Å². The number of nitrogens with zero attached hydrogens (tertiary/aromatic N) is 7. The van der Waals surface area contributed by atoms with E-state index >= 15 is 0 Å². The second kappa shape index (κ2) is 9.10. The van der Waals surface area contributed by atoms with E-state index in [-0.39, 0.29) is 0 Å². The minimum atomic E-state index is 0.696. The summed E-state index contributed by atoms with van der Waals surface area (Å²) in [6, 6.07) is 7.94. The van der Waals surface area contributed by atoms with E-state index in [2.05, 4.69) is 44.8 Å². The number of hydrogen-bond acceptors (Lipinski definition) is 6. The van der Waals surface area contributed by atoms with Crippen LogP contribution in [0.1, 0.15) is 30.8 Å². The molecule has 8 heteroatoms. The summed E-state index contributed by atoms with van der Waals surface area (Å²) in [6.07, 6.45) is 3.55. The largest absolute Gasteiger partial charge is 0.354 e. The van der Waals surface area contributed by atoms with Gasteiger partial charge >= 0.3 is 0 Å². The van der Waals surface area contributed by atoms with Crippen LogP contribution in [-0.2, 0) is 26.4 Å². The molecule has 1 aliphatic rings. The van der Waals surface area contributed by atoms with Crippen LogP contribution >= 0.6 is 11.6 Å². The molecule has 0 N–H and O–H groups in total. The Bertz CT molecular complexity index is 994. The summed E-state index contributed by atoms with van der Waals surface area (Å²) < 4.78 is 1.78. The lowest BCUT2D eigenvalue weighted by atomic mass is 10.2. The Balaban J connectivity index is 1.48. The Morgan fingerprint density at radius 2 is 1.83 bits per heavy atom. The first kappa shape index (κ1) is 20.8. The number of anilines is 1. The molecule has 0 atom stereocenters. The number of aryl methyl sites for hydroxylation is 3. The molecule has 0 aliphatic carbocycles. The van der Waals surface area contributed by atoms with Crippen molar-refractivity contribution in [1.29, 1.82) is 0 Å². The van der Waals surface area contributed by atoms with Crippen LogP contribution in [0.3, 0.4) is 0 Å². The van der Waals surface area contributed by atoms with Gasteiger partial charge in [-0.3, -0.25) is 14.6 Å². The number of aromatic nitrogens is 5. The van der Waals surface area contributed by atoms with E-state index in [9.17, 15) is 0 Å². The van der Waals surface area contributed by atoms with Gasteiger partial charge in [0, 0.05) is 63.3 Å². The second-order valence-electron chi connectivity index (χ2n) is 7.57. The maximum Gasteiger partial charge on any atom is 0.180 e. The summed E-state index contributed by atoms with van der Waals surface area (Å²) in [7, 11) is 1.91. The smallest absolute Gasteiger partial charge is 0.180 e. The van der Waals surface area contributed by atoms with E-state index < -0.39 is 0 Å². The molecule has 0 aromatic carbocycles. The van der Waals surface area contributed by atoms with Gasteiger partial charge in [0.2, 0.25) is 0 Å². The third-order valence-electron chi connectivity index (χ3n) is 5.59. The summed E-state index contributed by atoms with van der Waals surface area (Å²) in [5.74, 6) is 1.68. The summed E-state index contributed by atoms with van der Waals surface area (Å²) >= 11 is 6.49. The molecule has 0 radical (unpaired) electrons. The van der Waals surface area contributed by atoms with E-state index in [0.29, 0.717) is 5.82 Å². The van der Waals surface area contributed by atoms with Crippen LogP contribution in [0.25, 0.3) is 11.5 Å². The van der Waals surface area contributed by atoms with Crippen molar-refractivity contribution in [2.75, 3.05) is 31.1 Å². The normalized spacial score (nSPS) is 15.0. The molecule has 158 valence electrons. The highest BCUT2D eigenvalue weighted by Gasteiger charge is 2.22. The van der Waals surface area contributed by atoms with Crippen molar-refractivity contribution in [3.05, 3.63) is 52.6 Å². The van der Waals surface area contributed by atoms with E-state index in [0.717, 1.165) is 79.2 Å². The Kier molecular flexibility index (Phi) is 6.29. The molecule has 4 heterocycles. The first-order valence-corrected chi connectivity index (χ1v) is 10.9. The van der Waals surface area contributed by atoms with Crippen LogP contribution in [-0.4, -0.2) is 55.8 Å². The second-order valence-corrected chi connectivity index (χ2v) is 7.92. The van der Waals surface area contributed by atoms with Gasteiger partial charge in [-0.1, -0.05) is 31.5 Å². The minimum Gasteiger partial charge on any atom is -0.354 e. The van der Waals surface area contributed by atoms with Crippen LogP contribution in [0.2, 0.25) is 5.15 Å². The van der Waals surface area contributed by atoms with E-state index in [1.807, 2.05) is 25.2 Å². The molecule has 4 rings (SSSR count). The number of hydrogen-bond donors (Lipinski definition) is 0. The Morgan fingerprint density at radius 3 is 2.50 bits per heavy atom. The molecule has 0 amide bonds. The van der Waals surface area contributed by atoms with Crippen LogP contribution in [0.15, 0.2) is 30.5 Å². The molecule has 1 fully saturated rings. The summed E-state index contributed by atoms with van der Waals surface area (Å²) in [5.41, 5.74) is 4.10. The standard InChI is InChI=1S/C22H28ClN7/c1-4-16-14-20(26-22(25-16)19-8-6-7-9-24-19)30-12-10-29(11-13-30)15-17-18(5-2)27-28(3)21(17)23/h6-9,14H,4-5,10-13,15H2,1-3H3. The molecule has 30 heavy (non-hydrogen) atoms. The zero-order valence-electron chi connectivity index (χ0n) is 17.8. The lowest BCUT2D eigenvalue weighted by Gasteiger charge is -2.35. The van der Waals surface area contributed by atoms with Gasteiger partial charge < -0.3 is 4.90 Å². The molecule has 0 saturated carbocycles. The number of piperazine rings is 1. The minimum absolute atomic E-state index is 0.696. The fourth-order valence-electron chi connectivity index (χ4n) is 3.83. The van der Waals surface area contributed by atoms with Crippen molar-refractivity contribution in [3.63, 3.8) is 0 Å². The number of rotatable bonds is 6. The SMILES string of the molecule is CCc1cc(N2CCN(Cc3c(CC)nn(C)c3Cl)CC2)nc(-c2ccccn2)n1. The van der Waals surface area contributed by atoms with Crippen molar-refractivity contribution in [3.8, 4) is 11.5 Å². The monoisotopic (exact) mass is 425 g/mol. The fourth-order valence-corrected chi connectivity index (χ4v) is 4.04. The molecule has 7 nitrogen and oxygen atoms in total. The zero-order chi connectivity index (χ0) is 21.1. The Hall–Kier alpha value is -2.51. The lowest BCUT2D eigenvalue weighted by molar-refractivity contribution is 0.248. The predicted molar refractivity (Wildman–Crippen MR) is 120 cm³/mol. The topological polar surface area (TPSA) is 63.0 Å². The van der Waals surface area contributed by atoms with E-state index in [1.54, 1.807) is 10.9 Å². The van der Waals surface area contributed by atoms with Crippen molar-refractivity contribution in [2.24, 2.45) is 7.05 Å². The van der Waals surface area contributed by atoms with Crippen LogP contribution in [0, 0.1) is 0 Å². The summed E-state index contributed by atoms with van der Waals surface area (Å²) in [5, 5.41) is 5.29. The maximum atomic E-state index is 6.49.